The Kier molecular flexibility index (Phi) is 5.69. The number of aryl methyl sites for hydroxylation is 1. The molecule has 1 aromatic heterocycles. The Morgan fingerprint density at radius 1 is 1.05 bits per heavy atom. The number of nitrogens with zero attached hydrogens (tertiary/aromatic N) is 1. The Bertz CT molecular complexity index is 493. The Hall–Kier alpha value is -1.74. The van der Waals surface area contributed by atoms with Gasteiger partial charge in [0, 0.05) is 25.7 Å². The minimum Gasteiger partial charge on any atom is -0.465 e. The van der Waals surface area contributed by atoms with Crippen molar-refractivity contribution in [2.45, 2.75) is 26.3 Å². The number of rotatable bonds is 8. The van der Waals surface area contributed by atoms with Gasteiger partial charge in [-0.2, -0.15) is 0 Å². The van der Waals surface area contributed by atoms with E-state index in [0.717, 1.165) is 44.0 Å². The van der Waals surface area contributed by atoms with Crippen molar-refractivity contribution in [3.63, 3.8) is 0 Å². The van der Waals surface area contributed by atoms with Crippen LogP contribution >= 0.6 is 0 Å². The first-order valence-corrected chi connectivity index (χ1v) is 7.34. The van der Waals surface area contributed by atoms with Gasteiger partial charge in [-0.25, -0.2) is 0 Å². The van der Waals surface area contributed by atoms with E-state index in [4.69, 9.17) is 4.42 Å². The highest BCUT2D eigenvalue weighted by atomic mass is 16.3. The fourth-order valence-corrected chi connectivity index (χ4v) is 2.17. The van der Waals surface area contributed by atoms with Gasteiger partial charge in [0.2, 0.25) is 0 Å². The van der Waals surface area contributed by atoms with Crippen molar-refractivity contribution < 1.29 is 4.42 Å². The predicted molar refractivity (Wildman–Crippen MR) is 84.1 cm³/mol. The third-order valence-corrected chi connectivity index (χ3v) is 3.41. The second-order valence-electron chi connectivity index (χ2n) is 5.01. The summed E-state index contributed by atoms with van der Waals surface area (Å²) in [5, 5.41) is 3.43. The maximum atomic E-state index is 5.66. The van der Waals surface area contributed by atoms with Gasteiger partial charge in [-0.3, -0.25) is 0 Å². The Morgan fingerprint density at radius 2 is 1.80 bits per heavy atom. The number of furan rings is 1. The lowest BCUT2D eigenvalue weighted by molar-refractivity contribution is 0.449. The van der Waals surface area contributed by atoms with E-state index in [9.17, 15) is 0 Å². The summed E-state index contributed by atoms with van der Waals surface area (Å²) in [5.74, 6) is 2.09. The zero-order valence-corrected chi connectivity index (χ0v) is 12.4. The molecule has 2 aromatic rings. The van der Waals surface area contributed by atoms with E-state index in [1.54, 1.807) is 0 Å². The van der Waals surface area contributed by atoms with Crippen LogP contribution in [0.2, 0.25) is 0 Å². The SMILES string of the molecule is CCc1ccc(CNCCCN(C)c2ccccc2)o1. The van der Waals surface area contributed by atoms with Crippen LogP contribution in [0.1, 0.15) is 24.9 Å². The molecule has 0 atom stereocenters. The van der Waals surface area contributed by atoms with Crippen LogP contribution in [0.3, 0.4) is 0 Å². The second-order valence-corrected chi connectivity index (χ2v) is 5.01. The van der Waals surface area contributed by atoms with Crippen molar-refractivity contribution in [3.05, 3.63) is 54.0 Å². The molecular weight excluding hydrogens is 248 g/mol. The van der Waals surface area contributed by atoms with Gasteiger partial charge in [0.15, 0.2) is 0 Å². The van der Waals surface area contributed by atoms with Crippen LogP contribution in [0.15, 0.2) is 46.9 Å². The number of para-hydroxylation sites is 1. The molecule has 0 spiro atoms. The van der Waals surface area contributed by atoms with Gasteiger partial charge in [-0.15, -0.1) is 0 Å². The lowest BCUT2D eigenvalue weighted by atomic mass is 10.3. The van der Waals surface area contributed by atoms with Gasteiger partial charge >= 0.3 is 0 Å². The summed E-state index contributed by atoms with van der Waals surface area (Å²) in [6.07, 6.45) is 2.08. The summed E-state index contributed by atoms with van der Waals surface area (Å²) in [6.45, 7) is 4.97. The average Bonchev–Trinajstić information content (AvgIpc) is 2.95. The van der Waals surface area contributed by atoms with Crippen molar-refractivity contribution in [2.24, 2.45) is 0 Å². The molecule has 3 nitrogen and oxygen atoms in total. The third-order valence-electron chi connectivity index (χ3n) is 3.41. The highest BCUT2D eigenvalue weighted by molar-refractivity contribution is 5.44. The summed E-state index contributed by atoms with van der Waals surface area (Å²) in [5.41, 5.74) is 1.27. The number of benzene rings is 1. The molecule has 1 heterocycles. The van der Waals surface area contributed by atoms with E-state index in [2.05, 4.69) is 60.6 Å². The lowest BCUT2D eigenvalue weighted by Crippen LogP contribution is -2.23. The quantitative estimate of drug-likeness (QED) is 0.746. The zero-order chi connectivity index (χ0) is 14.2. The molecule has 108 valence electrons. The van der Waals surface area contributed by atoms with E-state index in [1.165, 1.54) is 5.69 Å². The van der Waals surface area contributed by atoms with Crippen molar-refractivity contribution >= 4 is 5.69 Å². The molecule has 1 N–H and O–H groups in total. The van der Waals surface area contributed by atoms with Crippen LogP contribution < -0.4 is 10.2 Å². The molecule has 1 aromatic carbocycles. The predicted octanol–water partition coefficient (Wildman–Crippen LogP) is 3.46. The molecule has 0 unspecified atom stereocenters. The van der Waals surface area contributed by atoms with Gasteiger partial charge in [-0.1, -0.05) is 25.1 Å². The second kappa shape index (κ2) is 7.75. The van der Waals surface area contributed by atoms with Crippen molar-refractivity contribution in [1.29, 1.82) is 0 Å². The molecule has 0 amide bonds. The molecule has 2 rings (SSSR count). The summed E-state index contributed by atoms with van der Waals surface area (Å²) in [7, 11) is 2.13. The van der Waals surface area contributed by atoms with E-state index in [0.29, 0.717) is 0 Å². The largest absolute Gasteiger partial charge is 0.465 e. The van der Waals surface area contributed by atoms with E-state index < -0.39 is 0 Å². The molecular formula is C17H24N2O. The van der Waals surface area contributed by atoms with E-state index >= 15 is 0 Å². The molecule has 0 bridgehead atoms. The van der Waals surface area contributed by atoms with Crippen molar-refractivity contribution in [1.82, 2.24) is 5.32 Å². The Balaban J connectivity index is 1.62. The standard InChI is InChI=1S/C17H24N2O/c1-3-16-10-11-17(20-16)14-18-12-7-13-19(2)15-8-5-4-6-9-15/h4-6,8-11,18H,3,7,12-14H2,1-2H3. The minimum absolute atomic E-state index is 0.815. The highest BCUT2D eigenvalue weighted by Gasteiger charge is 2.01. The lowest BCUT2D eigenvalue weighted by Gasteiger charge is -2.19. The van der Waals surface area contributed by atoms with Crippen LogP contribution in [-0.4, -0.2) is 20.1 Å². The molecule has 3 heteroatoms. The minimum atomic E-state index is 0.815. The summed E-state index contributed by atoms with van der Waals surface area (Å²) in [4.78, 5) is 2.28. The molecule has 0 saturated heterocycles. The van der Waals surface area contributed by atoms with Crippen molar-refractivity contribution in [2.75, 3.05) is 25.0 Å². The van der Waals surface area contributed by atoms with E-state index in [-0.39, 0.29) is 0 Å². The highest BCUT2D eigenvalue weighted by Crippen LogP contribution is 2.11. The first-order chi connectivity index (χ1) is 9.79. The molecule has 0 aliphatic heterocycles. The zero-order valence-electron chi connectivity index (χ0n) is 12.4. The van der Waals surface area contributed by atoms with Crippen LogP contribution in [-0.2, 0) is 13.0 Å². The summed E-state index contributed by atoms with van der Waals surface area (Å²) < 4.78 is 5.66. The summed E-state index contributed by atoms with van der Waals surface area (Å²) >= 11 is 0. The molecule has 0 saturated carbocycles. The monoisotopic (exact) mass is 272 g/mol. The number of hydrogen-bond donors (Lipinski definition) is 1. The van der Waals surface area contributed by atoms with Crippen LogP contribution in [0, 0.1) is 0 Å². The third kappa shape index (κ3) is 4.42. The number of nitrogens with one attached hydrogen (secondary N) is 1. The normalized spacial score (nSPS) is 10.7. The van der Waals surface area contributed by atoms with Crippen LogP contribution in [0.4, 0.5) is 5.69 Å². The molecule has 0 aliphatic rings. The molecule has 0 aliphatic carbocycles. The first kappa shape index (κ1) is 14.7. The molecule has 0 radical (unpaired) electrons. The fraction of sp³-hybridized carbons (Fsp3) is 0.412. The van der Waals surface area contributed by atoms with Gasteiger partial charge in [0.1, 0.15) is 11.5 Å². The Morgan fingerprint density at radius 3 is 2.50 bits per heavy atom. The smallest absolute Gasteiger partial charge is 0.117 e. The number of anilines is 1. The topological polar surface area (TPSA) is 28.4 Å². The van der Waals surface area contributed by atoms with Gasteiger partial charge in [0.05, 0.1) is 6.54 Å². The Labute approximate surface area is 121 Å². The maximum Gasteiger partial charge on any atom is 0.117 e. The maximum absolute atomic E-state index is 5.66. The summed E-state index contributed by atoms with van der Waals surface area (Å²) in [6, 6.07) is 14.6. The van der Waals surface area contributed by atoms with Gasteiger partial charge in [0.25, 0.3) is 0 Å². The average molecular weight is 272 g/mol. The number of hydrogen-bond acceptors (Lipinski definition) is 3. The molecule has 20 heavy (non-hydrogen) atoms. The first-order valence-electron chi connectivity index (χ1n) is 7.34. The molecule has 0 fully saturated rings. The van der Waals surface area contributed by atoms with Gasteiger partial charge in [-0.05, 0) is 37.2 Å². The van der Waals surface area contributed by atoms with Crippen LogP contribution in [0.5, 0.6) is 0 Å². The van der Waals surface area contributed by atoms with Crippen molar-refractivity contribution in [3.8, 4) is 0 Å². The van der Waals surface area contributed by atoms with Crippen LogP contribution in [0.25, 0.3) is 0 Å². The van der Waals surface area contributed by atoms with Gasteiger partial charge < -0.3 is 14.6 Å². The fourth-order valence-electron chi connectivity index (χ4n) is 2.17. The van der Waals surface area contributed by atoms with E-state index in [1.807, 2.05) is 6.07 Å².